The molecule has 21 heavy (non-hydrogen) atoms. The van der Waals surface area contributed by atoms with Gasteiger partial charge in [-0.05, 0) is 38.0 Å². The SMILES string of the molecule is Nc1nc(NC2CC2)c2c(n1)N(C1CCC(CO)C1)CN2. The van der Waals surface area contributed by atoms with Gasteiger partial charge in [-0.2, -0.15) is 9.97 Å². The average Bonchev–Trinajstić information content (AvgIpc) is 3.01. The van der Waals surface area contributed by atoms with Crippen LogP contribution >= 0.6 is 0 Å². The second-order valence-corrected chi connectivity index (χ2v) is 6.37. The lowest BCUT2D eigenvalue weighted by molar-refractivity contribution is 0.228. The van der Waals surface area contributed by atoms with Gasteiger partial charge in [-0.3, -0.25) is 0 Å². The Hall–Kier alpha value is -1.76. The lowest BCUT2D eigenvalue weighted by Gasteiger charge is -2.25. The minimum atomic E-state index is 0.283. The summed E-state index contributed by atoms with van der Waals surface area (Å²) in [6, 6.07) is 0.962. The molecule has 0 spiro atoms. The molecule has 4 rings (SSSR count). The first-order valence-corrected chi connectivity index (χ1v) is 7.80. The monoisotopic (exact) mass is 290 g/mol. The lowest BCUT2D eigenvalue weighted by atomic mass is 10.1. The zero-order valence-electron chi connectivity index (χ0n) is 12.0. The maximum atomic E-state index is 9.33. The highest BCUT2D eigenvalue weighted by molar-refractivity contribution is 5.83. The molecule has 2 fully saturated rings. The number of hydrogen-bond donors (Lipinski definition) is 4. The van der Waals surface area contributed by atoms with Crippen LogP contribution < -0.4 is 21.3 Å². The van der Waals surface area contributed by atoms with E-state index < -0.39 is 0 Å². The van der Waals surface area contributed by atoms with Gasteiger partial charge in [0.1, 0.15) is 5.69 Å². The van der Waals surface area contributed by atoms with Crippen LogP contribution in [0.15, 0.2) is 0 Å². The molecule has 1 aromatic rings. The number of nitrogens with two attached hydrogens (primary N) is 1. The standard InChI is InChI=1S/C14H22N6O/c15-14-18-12(17-9-2-3-9)11-13(19-14)20(7-16-11)10-4-1-8(5-10)6-21/h8-10,16,21H,1-7H2,(H3,15,17,18,19). The summed E-state index contributed by atoms with van der Waals surface area (Å²) in [6.07, 6.45) is 5.60. The summed E-state index contributed by atoms with van der Waals surface area (Å²) in [4.78, 5) is 11.1. The van der Waals surface area contributed by atoms with E-state index in [0.29, 0.717) is 23.9 Å². The molecule has 1 aliphatic heterocycles. The number of aromatic nitrogens is 2. The molecule has 0 amide bonds. The highest BCUT2D eigenvalue weighted by Gasteiger charge is 2.35. The largest absolute Gasteiger partial charge is 0.396 e. The second kappa shape index (κ2) is 4.91. The minimum Gasteiger partial charge on any atom is -0.396 e. The molecule has 0 bridgehead atoms. The first-order valence-electron chi connectivity index (χ1n) is 7.80. The third-order valence-electron chi connectivity index (χ3n) is 4.74. The summed E-state index contributed by atoms with van der Waals surface area (Å²) in [5.74, 6) is 2.48. The molecule has 0 saturated heterocycles. The molecule has 7 heteroatoms. The lowest BCUT2D eigenvalue weighted by Crippen LogP contribution is -2.33. The van der Waals surface area contributed by atoms with Crippen molar-refractivity contribution in [3.63, 3.8) is 0 Å². The van der Waals surface area contributed by atoms with Gasteiger partial charge in [0, 0.05) is 18.7 Å². The van der Waals surface area contributed by atoms with Gasteiger partial charge >= 0.3 is 0 Å². The van der Waals surface area contributed by atoms with Gasteiger partial charge in [-0.25, -0.2) is 0 Å². The van der Waals surface area contributed by atoms with E-state index in [2.05, 4.69) is 25.5 Å². The molecule has 5 N–H and O–H groups in total. The summed E-state index contributed by atoms with van der Waals surface area (Å²) in [5, 5.41) is 16.2. The second-order valence-electron chi connectivity index (χ2n) is 6.37. The van der Waals surface area contributed by atoms with Gasteiger partial charge in [0.25, 0.3) is 0 Å². The highest BCUT2D eigenvalue weighted by Crippen LogP contribution is 2.41. The fourth-order valence-electron chi connectivity index (χ4n) is 3.40. The van der Waals surface area contributed by atoms with Crippen LogP contribution in [-0.2, 0) is 0 Å². The average molecular weight is 290 g/mol. The van der Waals surface area contributed by atoms with Crippen LogP contribution in [0.25, 0.3) is 0 Å². The molecular weight excluding hydrogens is 268 g/mol. The molecule has 114 valence electrons. The van der Waals surface area contributed by atoms with Crippen LogP contribution in [0.1, 0.15) is 32.1 Å². The first-order chi connectivity index (χ1) is 10.2. The van der Waals surface area contributed by atoms with E-state index in [-0.39, 0.29) is 6.61 Å². The Balaban J connectivity index is 1.60. The minimum absolute atomic E-state index is 0.283. The zero-order valence-corrected chi connectivity index (χ0v) is 12.0. The number of nitrogens with zero attached hydrogens (tertiary/aromatic N) is 3. The van der Waals surface area contributed by atoms with E-state index in [1.165, 1.54) is 12.8 Å². The molecule has 0 aromatic carbocycles. The zero-order chi connectivity index (χ0) is 14.4. The predicted molar refractivity (Wildman–Crippen MR) is 82.3 cm³/mol. The Morgan fingerprint density at radius 1 is 1.29 bits per heavy atom. The van der Waals surface area contributed by atoms with E-state index in [4.69, 9.17) is 5.73 Å². The number of fused-ring (bicyclic) bond motifs is 1. The van der Waals surface area contributed by atoms with Crippen LogP contribution in [0.3, 0.4) is 0 Å². The molecule has 2 aliphatic carbocycles. The molecule has 7 nitrogen and oxygen atoms in total. The van der Waals surface area contributed by atoms with Crippen LogP contribution in [0.4, 0.5) is 23.3 Å². The van der Waals surface area contributed by atoms with Crippen LogP contribution in [0.5, 0.6) is 0 Å². The van der Waals surface area contributed by atoms with Crippen molar-refractivity contribution < 1.29 is 5.11 Å². The van der Waals surface area contributed by atoms with Crippen LogP contribution in [0, 0.1) is 5.92 Å². The predicted octanol–water partition coefficient (Wildman–Crippen LogP) is 0.984. The van der Waals surface area contributed by atoms with Gasteiger partial charge in [0.15, 0.2) is 11.6 Å². The molecule has 3 aliphatic rings. The quantitative estimate of drug-likeness (QED) is 0.656. The number of rotatable bonds is 4. The maximum Gasteiger partial charge on any atom is 0.224 e. The van der Waals surface area contributed by atoms with Gasteiger partial charge in [-0.1, -0.05) is 0 Å². The molecule has 2 heterocycles. The summed E-state index contributed by atoms with van der Waals surface area (Å²) in [6.45, 7) is 1.03. The Bertz CT molecular complexity index is 547. The van der Waals surface area contributed by atoms with Crippen molar-refractivity contribution in [3.05, 3.63) is 0 Å². The van der Waals surface area contributed by atoms with Crippen molar-refractivity contribution in [3.8, 4) is 0 Å². The summed E-state index contributed by atoms with van der Waals surface area (Å²) in [7, 11) is 0. The van der Waals surface area contributed by atoms with E-state index >= 15 is 0 Å². The van der Waals surface area contributed by atoms with E-state index in [1.807, 2.05) is 0 Å². The normalized spacial score (nSPS) is 27.6. The third kappa shape index (κ3) is 2.35. The summed E-state index contributed by atoms with van der Waals surface area (Å²) >= 11 is 0. The molecule has 0 radical (unpaired) electrons. The molecule has 1 aromatic heterocycles. The number of anilines is 4. The van der Waals surface area contributed by atoms with Crippen molar-refractivity contribution >= 4 is 23.3 Å². The van der Waals surface area contributed by atoms with Gasteiger partial charge in [0.05, 0.1) is 6.67 Å². The first kappa shape index (κ1) is 12.9. The van der Waals surface area contributed by atoms with Crippen molar-refractivity contribution in [2.45, 2.75) is 44.2 Å². The van der Waals surface area contributed by atoms with E-state index in [9.17, 15) is 5.11 Å². The smallest absolute Gasteiger partial charge is 0.224 e. The maximum absolute atomic E-state index is 9.33. The van der Waals surface area contributed by atoms with Crippen molar-refractivity contribution in [1.29, 1.82) is 0 Å². The number of aliphatic hydroxyl groups is 1. The van der Waals surface area contributed by atoms with Crippen LogP contribution in [0.2, 0.25) is 0 Å². The number of nitrogen functional groups attached to an aromatic ring is 1. The fourth-order valence-corrected chi connectivity index (χ4v) is 3.40. The number of aliphatic hydroxyl groups excluding tert-OH is 1. The Morgan fingerprint density at radius 3 is 2.86 bits per heavy atom. The van der Waals surface area contributed by atoms with Gasteiger partial charge in [-0.15, -0.1) is 0 Å². The Labute approximate surface area is 123 Å². The van der Waals surface area contributed by atoms with Crippen LogP contribution in [-0.4, -0.2) is 40.4 Å². The number of hydrogen-bond acceptors (Lipinski definition) is 7. The third-order valence-corrected chi connectivity index (χ3v) is 4.74. The topological polar surface area (TPSA) is 99.3 Å². The van der Waals surface area contributed by atoms with Gasteiger partial charge in [0.2, 0.25) is 5.95 Å². The van der Waals surface area contributed by atoms with E-state index in [1.54, 1.807) is 0 Å². The van der Waals surface area contributed by atoms with Gasteiger partial charge < -0.3 is 26.4 Å². The van der Waals surface area contributed by atoms with Crippen molar-refractivity contribution in [1.82, 2.24) is 9.97 Å². The molecular formula is C14H22N6O. The summed E-state index contributed by atoms with van der Waals surface area (Å²) < 4.78 is 0. The van der Waals surface area contributed by atoms with Crippen molar-refractivity contribution in [2.24, 2.45) is 5.92 Å². The van der Waals surface area contributed by atoms with E-state index in [0.717, 1.165) is 43.3 Å². The summed E-state index contributed by atoms with van der Waals surface area (Å²) in [5.41, 5.74) is 6.86. The Kier molecular flexibility index (Phi) is 3.02. The Morgan fingerprint density at radius 2 is 2.14 bits per heavy atom. The molecule has 2 saturated carbocycles. The number of nitrogens with one attached hydrogen (secondary N) is 2. The van der Waals surface area contributed by atoms with Crippen molar-refractivity contribution in [2.75, 3.05) is 34.5 Å². The highest BCUT2D eigenvalue weighted by atomic mass is 16.3. The molecule has 2 atom stereocenters. The fraction of sp³-hybridized carbons (Fsp3) is 0.714. The molecule has 2 unspecified atom stereocenters.